The maximum absolute atomic E-state index is 13.2. The summed E-state index contributed by atoms with van der Waals surface area (Å²) in [4.78, 5) is 34.3. The Kier molecular flexibility index (Phi) is 5.91. The van der Waals surface area contributed by atoms with E-state index in [0.29, 0.717) is 16.1 Å². The molecular formula is C18H14BrClNO4PS. The fraction of sp³-hybridized carbons (Fsp3) is 0.0556. The van der Waals surface area contributed by atoms with Gasteiger partial charge < -0.3 is 9.79 Å². The van der Waals surface area contributed by atoms with Crippen molar-refractivity contribution < 1.29 is 19.1 Å². The first-order chi connectivity index (χ1) is 12.7. The molecule has 0 radical (unpaired) electrons. The van der Waals surface area contributed by atoms with E-state index >= 15 is 0 Å². The van der Waals surface area contributed by atoms with Gasteiger partial charge >= 0.3 is 7.60 Å². The number of hydrogen-bond donors (Lipinski definition) is 2. The van der Waals surface area contributed by atoms with Crippen LogP contribution >= 0.6 is 46.5 Å². The van der Waals surface area contributed by atoms with Gasteiger partial charge in [-0.25, -0.2) is 0 Å². The van der Waals surface area contributed by atoms with E-state index in [0.717, 1.165) is 14.1 Å². The fourth-order valence-corrected chi connectivity index (χ4v) is 5.39. The molecule has 0 saturated carbocycles. The van der Waals surface area contributed by atoms with Crippen LogP contribution in [0.3, 0.4) is 0 Å². The molecule has 2 N–H and O–H groups in total. The Hall–Kier alpha value is -1.47. The van der Waals surface area contributed by atoms with Crippen LogP contribution in [0.15, 0.2) is 65.1 Å². The Morgan fingerprint density at radius 1 is 1.30 bits per heavy atom. The zero-order valence-electron chi connectivity index (χ0n) is 13.8. The minimum absolute atomic E-state index is 0.248. The Bertz CT molecular complexity index is 1080. The molecule has 5 nitrogen and oxygen atoms in total. The summed E-state index contributed by atoms with van der Waals surface area (Å²) in [6.07, 6.45) is 1.24. The summed E-state index contributed by atoms with van der Waals surface area (Å²) in [6.45, 7) is 3.63. The monoisotopic (exact) mass is 485 g/mol. The minimum Gasteiger partial charge on any atom is -0.324 e. The summed E-state index contributed by atoms with van der Waals surface area (Å²) in [5.41, 5.74) is -0.972. The minimum atomic E-state index is -4.83. The number of nitrogens with zero attached hydrogens (tertiary/aromatic N) is 1. The number of benzene rings is 2. The maximum atomic E-state index is 13.2. The number of amides is 1. The van der Waals surface area contributed by atoms with E-state index < -0.39 is 19.2 Å². The quantitative estimate of drug-likeness (QED) is 0.453. The average molecular weight is 487 g/mol. The van der Waals surface area contributed by atoms with Gasteiger partial charge in [-0.3, -0.25) is 14.3 Å². The third-order valence-corrected chi connectivity index (χ3v) is 6.82. The zero-order chi connectivity index (χ0) is 19.8. The Balaban J connectivity index is 2.14. The maximum Gasteiger partial charge on any atom is 0.342 e. The second-order valence-corrected chi connectivity index (χ2v) is 9.65. The first-order valence-electron chi connectivity index (χ1n) is 7.65. The summed E-state index contributed by atoms with van der Waals surface area (Å²) >= 11 is 10.7. The molecule has 9 heteroatoms. The van der Waals surface area contributed by atoms with Crippen LogP contribution in [0.1, 0.15) is 11.2 Å². The summed E-state index contributed by atoms with van der Waals surface area (Å²) in [6, 6.07) is 11.9. The second kappa shape index (κ2) is 7.87. The van der Waals surface area contributed by atoms with E-state index in [1.165, 1.54) is 17.5 Å². The molecule has 1 amide bonds. The predicted molar refractivity (Wildman–Crippen MR) is 113 cm³/mol. The van der Waals surface area contributed by atoms with Crippen LogP contribution in [-0.4, -0.2) is 15.7 Å². The van der Waals surface area contributed by atoms with Crippen molar-refractivity contribution in [1.29, 1.82) is 0 Å². The van der Waals surface area contributed by atoms with Crippen molar-refractivity contribution in [1.82, 2.24) is 0 Å². The highest BCUT2D eigenvalue weighted by Gasteiger charge is 2.41. The number of carbonyl (C=O) groups is 1. The van der Waals surface area contributed by atoms with Crippen molar-refractivity contribution >= 4 is 68.1 Å². The number of rotatable bonds is 5. The summed E-state index contributed by atoms with van der Waals surface area (Å²) in [5.74, 6) is -0.767. The SMILES string of the molecule is C=CN(C(=O)C(c1csc2ccc(Cl)cc12)P(=O)(O)O)c1cccc(Br)c1. The molecule has 1 aromatic heterocycles. The average Bonchev–Trinajstić information content (AvgIpc) is 2.97. The van der Waals surface area contributed by atoms with Crippen LogP contribution in [0.4, 0.5) is 5.69 Å². The van der Waals surface area contributed by atoms with Crippen molar-refractivity contribution in [3.05, 3.63) is 75.7 Å². The molecule has 0 saturated heterocycles. The molecule has 0 fully saturated rings. The van der Waals surface area contributed by atoms with Crippen LogP contribution in [-0.2, 0) is 9.36 Å². The molecule has 27 heavy (non-hydrogen) atoms. The summed E-state index contributed by atoms with van der Waals surface area (Å²) < 4.78 is 13.8. The van der Waals surface area contributed by atoms with E-state index in [2.05, 4.69) is 22.5 Å². The van der Waals surface area contributed by atoms with E-state index in [-0.39, 0.29) is 5.56 Å². The van der Waals surface area contributed by atoms with Gasteiger partial charge in [0, 0.05) is 26.1 Å². The lowest BCUT2D eigenvalue weighted by atomic mass is 10.1. The Morgan fingerprint density at radius 2 is 2.04 bits per heavy atom. The van der Waals surface area contributed by atoms with Crippen molar-refractivity contribution in [2.45, 2.75) is 5.66 Å². The smallest absolute Gasteiger partial charge is 0.324 e. The fourth-order valence-electron chi connectivity index (χ4n) is 2.77. The topological polar surface area (TPSA) is 77.8 Å². The molecule has 3 aromatic rings. The number of halogens is 2. The largest absolute Gasteiger partial charge is 0.342 e. The van der Waals surface area contributed by atoms with Crippen LogP contribution in [0.2, 0.25) is 5.02 Å². The molecule has 0 aliphatic carbocycles. The van der Waals surface area contributed by atoms with Gasteiger partial charge in [0.25, 0.3) is 5.91 Å². The summed E-state index contributed by atoms with van der Waals surface area (Å²) in [5, 5.41) is 2.56. The first kappa shape index (κ1) is 20.3. The van der Waals surface area contributed by atoms with Crippen molar-refractivity contribution in [3.8, 4) is 0 Å². The standard InChI is InChI=1S/C18H14BrClNO4PS/c1-2-21(13-5-3-4-11(19)8-13)18(22)17(26(23,24)25)15-10-27-16-7-6-12(20)9-14(15)16/h2-10,17H,1H2,(H2,23,24,25). The van der Waals surface area contributed by atoms with Gasteiger partial charge in [0.15, 0.2) is 5.66 Å². The van der Waals surface area contributed by atoms with E-state index in [1.54, 1.807) is 47.8 Å². The van der Waals surface area contributed by atoms with Gasteiger partial charge in [-0.15, -0.1) is 11.3 Å². The Labute approximate surface area is 173 Å². The molecule has 3 rings (SSSR count). The van der Waals surface area contributed by atoms with Crippen molar-refractivity contribution in [2.75, 3.05) is 4.90 Å². The molecule has 0 bridgehead atoms. The number of anilines is 1. The lowest BCUT2D eigenvalue weighted by molar-refractivity contribution is -0.118. The third kappa shape index (κ3) is 4.19. The van der Waals surface area contributed by atoms with Gasteiger partial charge in [0.05, 0.1) is 0 Å². The molecule has 0 aliphatic rings. The molecule has 1 atom stereocenters. The molecule has 140 valence electrons. The molecule has 2 aromatic carbocycles. The van der Waals surface area contributed by atoms with Gasteiger partial charge in [-0.05, 0) is 52.7 Å². The van der Waals surface area contributed by atoms with Gasteiger partial charge in [0.2, 0.25) is 0 Å². The first-order valence-corrected chi connectivity index (χ1v) is 11.4. The highest BCUT2D eigenvalue weighted by molar-refractivity contribution is 9.10. The van der Waals surface area contributed by atoms with Crippen LogP contribution in [0.25, 0.3) is 10.1 Å². The zero-order valence-corrected chi connectivity index (χ0v) is 17.8. The second-order valence-electron chi connectivity index (χ2n) is 5.69. The normalized spacial score (nSPS) is 12.7. The van der Waals surface area contributed by atoms with E-state index in [4.69, 9.17) is 11.6 Å². The van der Waals surface area contributed by atoms with Crippen LogP contribution in [0.5, 0.6) is 0 Å². The number of hydrogen-bond acceptors (Lipinski definition) is 3. The lowest BCUT2D eigenvalue weighted by Crippen LogP contribution is -2.30. The van der Waals surface area contributed by atoms with E-state index in [1.807, 2.05) is 0 Å². The lowest BCUT2D eigenvalue weighted by Gasteiger charge is -2.25. The van der Waals surface area contributed by atoms with Crippen LogP contribution < -0.4 is 4.90 Å². The van der Waals surface area contributed by atoms with Gasteiger partial charge in [-0.2, -0.15) is 0 Å². The van der Waals surface area contributed by atoms with Gasteiger partial charge in [0.1, 0.15) is 0 Å². The van der Waals surface area contributed by atoms with Gasteiger partial charge in [-0.1, -0.05) is 40.2 Å². The third-order valence-electron chi connectivity index (χ3n) is 3.94. The Morgan fingerprint density at radius 3 is 2.67 bits per heavy atom. The number of carbonyl (C=O) groups excluding carboxylic acids is 1. The number of thiophene rings is 1. The van der Waals surface area contributed by atoms with Crippen LogP contribution in [0, 0.1) is 0 Å². The van der Waals surface area contributed by atoms with Crippen molar-refractivity contribution in [2.24, 2.45) is 0 Å². The highest BCUT2D eigenvalue weighted by atomic mass is 79.9. The molecule has 1 unspecified atom stereocenters. The van der Waals surface area contributed by atoms with Crippen molar-refractivity contribution in [3.63, 3.8) is 0 Å². The molecular weight excluding hydrogens is 473 g/mol. The molecule has 0 aliphatic heterocycles. The molecule has 0 spiro atoms. The molecule has 1 heterocycles. The summed E-state index contributed by atoms with van der Waals surface area (Å²) in [7, 11) is -4.83. The predicted octanol–water partition coefficient (Wildman–Crippen LogP) is 5.71. The van der Waals surface area contributed by atoms with E-state index in [9.17, 15) is 19.1 Å². The highest BCUT2D eigenvalue weighted by Crippen LogP contribution is 2.55. The number of fused-ring (bicyclic) bond motifs is 1.